The predicted molar refractivity (Wildman–Crippen MR) is 76.6 cm³/mol. The van der Waals surface area contributed by atoms with E-state index >= 15 is 0 Å². The maximum absolute atomic E-state index is 5.74. The van der Waals surface area contributed by atoms with E-state index in [-0.39, 0.29) is 0 Å². The van der Waals surface area contributed by atoms with Crippen LogP contribution in [-0.2, 0) is 16.0 Å². The lowest BCUT2D eigenvalue weighted by Crippen LogP contribution is -2.19. The van der Waals surface area contributed by atoms with Crippen LogP contribution in [-0.4, -0.2) is 40.1 Å². The summed E-state index contributed by atoms with van der Waals surface area (Å²) in [5, 5.41) is 3.32. The molecule has 4 nitrogen and oxygen atoms in total. The summed E-state index contributed by atoms with van der Waals surface area (Å²) in [6.45, 7) is 6.47. The third-order valence-electron chi connectivity index (χ3n) is 2.60. The van der Waals surface area contributed by atoms with Crippen LogP contribution in [0.5, 0.6) is 5.75 Å². The van der Waals surface area contributed by atoms with Crippen molar-refractivity contribution < 1.29 is 14.2 Å². The van der Waals surface area contributed by atoms with E-state index in [0.717, 1.165) is 37.4 Å². The van der Waals surface area contributed by atoms with Crippen LogP contribution in [0.15, 0.2) is 24.3 Å². The van der Waals surface area contributed by atoms with E-state index in [1.165, 1.54) is 0 Å². The average molecular weight is 267 g/mol. The lowest BCUT2D eigenvalue weighted by atomic mass is 10.2. The van der Waals surface area contributed by atoms with Gasteiger partial charge in [-0.2, -0.15) is 0 Å². The molecule has 0 fully saturated rings. The van der Waals surface area contributed by atoms with Crippen LogP contribution in [0, 0.1) is 0 Å². The van der Waals surface area contributed by atoms with Gasteiger partial charge in [-0.05, 0) is 12.5 Å². The first-order valence-electron chi connectivity index (χ1n) is 6.86. The number of rotatable bonds is 11. The molecule has 108 valence electrons. The van der Waals surface area contributed by atoms with Gasteiger partial charge in [-0.1, -0.05) is 25.1 Å². The Morgan fingerprint density at radius 2 is 1.89 bits per heavy atom. The molecule has 1 aromatic rings. The molecule has 0 saturated carbocycles. The minimum absolute atomic E-state index is 0.592. The molecular weight excluding hydrogens is 242 g/mol. The van der Waals surface area contributed by atoms with Crippen molar-refractivity contribution >= 4 is 0 Å². The third-order valence-corrected chi connectivity index (χ3v) is 2.60. The van der Waals surface area contributed by atoms with E-state index in [4.69, 9.17) is 14.2 Å². The first-order valence-corrected chi connectivity index (χ1v) is 6.86. The van der Waals surface area contributed by atoms with E-state index in [1.54, 1.807) is 7.11 Å². The second-order valence-corrected chi connectivity index (χ2v) is 4.24. The molecule has 1 rings (SSSR count). The van der Waals surface area contributed by atoms with E-state index in [2.05, 4.69) is 18.3 Å². The largest absolute Gasteiger partial charge is 0.491 e. The van der Waals surface area contributed by atoms with Crippen LogP contribution in [0.2, 0.25) is 0 Å². The number of methoxy groups -OCH3 is 1. The lowest BCUT2D eigenvalue weighted by molar-refractivity contribution is 0.100. The van der Waals surface area contributed by atoms with Gasteiger partial charge in [-0.3, -0.25) is 0 Å². The van der Waals surface area contributed by atoms with E-state index in [1.807, 2.05) is 18.2 Å². The van der Waals surface area contributed by atoms with E-state index in [0.29, 0.717) is 19.8 Å². The molecule has 0 amide bonds. The van der Waals surface area contributed by atoms with Gasteiger partial charge in [0.2, 0.25) is 0 Å². The maximum Gasteiger partial charge on any atom is 0.123 e. The van der Waals surface area contributed by atoms with Crippen LogP contribution in [0.4, 0.5) is 0 Å². The van der Waals surface area contributed by atoms with Crippen molar-refractivity contribution in [1.29, 1.82) is 0 Å². The summed E-state index contributed by atoms with van der Waals surface area (Å²) in [4.78, 5) is 0. The molecule has 0 aliphatic heterocycles. The van der Waals surface area contributed by atoms with Gasteiger partial charge in [0.15, 0.2) is 0 Å². The highest BCUT2D eigenvalue weighted by molar-refractivity contribution is 5.33. The number of ether oxygens (including phenoxy) is 3. The van der Waals surface area contributed by atoms with Gasteiger partial charge < -0.3 is 19.5 Å². The van der Waals surface area contributed by atoms with Gasteiger partial charge in [-0.25, -0.2) is 0 Å². The quantitative estimate of drug-likeness (QED) is 0.624. The number of nitrogens with one attached hydrogen (secondary N) is 1. The van der Waals surface area contributed by atoms with Crippen molar-refractivity contribution in [3.8, 4) is 5.75 Å². The second kappa shape index (κ2) is 10.8. The van der Waals surface area contributed by atoms with Crippen molar-refractivity contribution in [2.24, 2.45) is 0 Å². The molecule has 0 heterocycles. The number of hydrogen-bond donors (Lipinski definition) is 1. The summed E-state index contributed by atoms with van der Waals surface area (Å²) in [5.74, 6) is 0.924. The summed E-state index contributed by atoms with van der Waals surface area (Å²) in [6.07, 6.45) is 1.04. The first-order chi connectivity index (χ1) is 9.38. The fourth-order valence-corrected chi connectivity index (χ4v) is 1.64. The summed E-state index contributed by atoms with van der Waals surface area (Å²) in [5.41, 5.74) is 1.16. The molecule has 0 atom stereocenters. The number of benzene rings is 1. The number of para-hydroxylation sites is 1. The van der Waals surface area contributed by atoms with Gasteiger partial charge in [0.1, 0.15) is 12.4 Å². The monoisotopic (exact) mass is 267 g/mol. The summed E-state index contributed by atoms with van der Waals surface area (Å²) in [7, 11) is 1.70. The Balaban J connectivity index is 2.31. The van der Waals surface area contributed by atoms with Crippen LogP contribution in [0.25, 0.3) is 0 Å². The minimum Gasteiger partial charge on any atom is -0.491 e. The van der Waals surface area contributed by atoms with Crippen LogP contribution in [0.1, 0.15) is 18.9 Å². The molecule has 1 N–H and O–H groups in total. The topological polar surface area (TPSA) is 39.7 Å². The van der Waals surface area contributed by atoms with Crippen molar-refractivity contribution in [2.45, 2.75) is 19.9 Å². The van der Waals surface area contributed by atoms with Crippen LogP contribution >= 0.6 is 0 Å². The van der Waals surface area contributed by atoms with Crippen molar-refractivity contribution in [1.82, 2.24) is 5.32 Å². The van der Waals surface area contributed by atoms with E-state index in [9.17, 15) is 0 Å². The van der Waals surface area contributed by atoms with Crippen molar-refractivity contribution in [3.05, 3.63) is 29.8 Å². The summed E-state index contributed by atoms with van der Waals surface area (Å²) < 4.78 is 16.1. The highest BCUT2D eigenvalue weighted by atomic mass is 16.5. The Kier molecular flexibility index (Phi) is 9.06. The zero-order chi connectivity index (χ0) is 13.8. The zero-order valence-electron chi connectivity index (χ0n) is 12.0. The average Bonchev–Trinajstić information content (AvgIpc) is 2.45. The Labute approximate surface area is 116 Å². The highest BCUT2D eigenvalue weighted by Gasteiger charge is 2.02. The predicted octanol–water partition coefficient (Wildman–Crippen LogP) is 2.23. The van der Waals surface area contributed by atoms with Crippen molar-refractivity contribution in [3.63, 3.8) is 0 Å². The molecule has 19 heavy (non-hydrogen) atoms. The minimum atomic E-state index is 0.592. The fourth-order valence-electron chi connectivity index (χ4n) is 1.64. The van der Waals surface area contributed by atoms with Gasteiger partial charge >= 0.3 is 0 Å². The standard InChI is InChI=1S/C15H25NO3/c1-3-9-18-11-12-19-15-7-5-4-6-14(15)13-16-8-10-17-2/h4-7,16H,3,8-13H2,1-2H3. The smallest absolute Gasteiger partial charge is 0.123 e. The molecule has 0 saturated heterocycles. The number of hydrogen-bond acceptors (Lipinski definition) is 4. The summed E-state index contributed by atoms with van der Waals surface area (Å²) in [6, 6.07) is 8.07. The normalized spacial score (nSPS) is 10.6. The van der Waals surface area contributed by atoms with Crippen LogP contribution < -0.4 is 10.1 Å². The van der Waals surface area contributed by atoms with Crippen LogP contribution in [0.3, 0.4) is 0 Å². The molecule has 0 spiro atoms. The van der Waals surface area contributed by atoms with Crippen molar-refractivity contribution in [2.75, 3.05) is 40.1 Å². The fraction of sp³-hybridized carbons (Fsp3) is 0.600. The van der Waals surface area contributed by atoms with E-state index < -0.39 is 0 Å². The van der Waals surface area contributed by atoms with Gasteiger partial charge in [0, 0.05) is 32.4 Å². The Hall–Kier alpha value is -1.10. The molecule has 0 aliphatic rings. The van der Waals surface area contributed by atoms with Gasteiger partial charge in [-0.15, -0.1) is 0 Å². The lowest BCUT2D eigenvalue weighted by Gasteiger charge is -2.12. The Morgan fingerprint density at radius 3 is 2.68 bits per heavy atom. The second-order valence-electron chi connectivity index (χ2n) is 4.24. The third kappa shape index (κ3) is 7.15. The molecule has 0 bridgehead atoms. The Morgan fingerprint density at radius 1 is 1.05 bits per heavy atom. The molecule has 0 aliphatic carbocycles. The summed E-state index contributed by atoms with van der Waals surface area (Å²) >= 11 is 0. The molecule has 0 unspecified atom stereocenters. The highest BCUT2D eigenvalue weighted by Crippen LogP contribution is 2.17. The van der Waals surface area contributed by atoms with Gasteiger partial charge in [0.05, 0.1) is 13.2 Å². The maximum atomic E-state index is 5.74. The SMILES string of the molecule is CCCOCCOc1ccccc1CNCCOC. The Bertz CT molecular complexity index is 331. The van der Waals surface area contributed by atoms with Gasteiger partial charge in [0.25, 0.3) is 0 Å². The molecule has 1 aromatic carbocycles. The molecule has 4 heteroatoms. The first kappa shape index (κ1) is 16.0. The molecular formula is C15H25NO3. The molecule has 0 radical (unpaired) electrons. The molecule has 0 aromatic heterocycles. The zero-order valence-corrected chi connectivity index (χ0v) is 12.0.